The molecule has 1 N–H and O–H groups in total. The Balaban J connectivity index is 1.78. The van der Waals surface area contributed by atoms with Crippen LogP contribution in [-0.2, 0) is 22.8 Å². The monoisotopic (exact) mass is 436 g/mol. The average molecular weight is 437 g/mol. The lowest BCUT2D eigenvalue weighted by Gasteiger charge is -2.15. The Morgan fingerprint density at radius 3 is 2.27 bits per heavy atom. The van der Waals surface area contributed by atoms with Gasteiger partial charge in [0, 0.05) is 23.2 Å². The van der Waals surface area contributed by atoms with Crippen LogP contribution in [0.2, 0.25) is 5.02 Å². The molecular weight excluding hydrogens is 416 g/mol. The Labute approximate surface area is 181 Å². The van der Waals surface area contributed by atoms with Crippen LogP contribution in [0.1, 0.15) is 18.1 Å². The number of hydrogen-bond donors (Lipinski definition) is 1. The number of para-hydroxylation sites is 1. The van der Waals surface area contributed by atoms with Gasteiger partial charge in [0.25, 0.3) is 0 Å². The van der Waals surface area contributed by atoms with Crippen LogP contribution in [0.5, 0.6) is 0 Å². The minimum absolute atomic E-state index is 0.147. The van der Waals surface area contributed by atoms with Crippen molar-refractivity contribution in [3.63, 3.8) is 0 Å². The number of aryl methyl sites for hydroxylation is 1. The number of fused-ring (bicyclic) bond motifs is 1. The molecule has 0 saturated heterocycles. The molecule has 6 heteroatoms. The number of nitrogens with one attached hydrogen (secondary N) is 1. The summed E-state index contributed by atoms with van der Waals surface area (Å²) in [7, 11) is -3.78. The molecular formula is C24H21ClN2O2S. The summed E-state index contributed by atoms with van der Waals surface area (Å²) >= 11 is 5.94. The van der Waals surface area contributed by atoms with Gasteiger partial charge in [-0.1, -0.05) is 61.0 Å². The van der Waals surface area contributed by atoms with E-state index in [0.717, 1.165) is 22.9 Å². The third-order valence-corrected chi connectivity index (χ3v) is 7.09. The van der Waals surface area contributed by atoms with Gasteiger partial charge in [-0.2, -0.15) is 0 Å². The molecule has 4 rings (SSSR count). The zero-order valence-electron chi connectivity index (χ0n) is 16.5. The summed E-state index contributed by atoms with van der Waals surface area (Å²) in [6.07, 6.45) is 2.40. The lowest BCUT2D eigenvalue weighted by atomic mass is 10.1. The van der Waals surface area contributed by atoms with Crippen LogP contribution in [0.3, 0.4) is 0 Å². The molecule has 1 aromatic heterocycles. The van der Waals surface area contributed by atoms with Gasteiger partial charge < -0.3 is 5.32 Å². The van der Waals surface area contributed by atoms with Crippen LogP contribution in [0.15, 0.2) is 88.8 Å². The Bertz CT molecular complexity index is 1290. The van der Waals surface area contributed by atoms with Crippen LogP contribution in [0, 0.1) is 0 Å². The Hall–Kier alpha value is -2.89. The smallest absolute Gasteiger partial charge is 0.210 e. The van der Waals surface area contributed by atoms with Crippen molar-refractivity contribution in [1.29, 1.82) is 0 Å². The lowest BCUT2D eigenvalue weighted by molar-refractivity contribution is 0.596. The number of pyridine rings is 1. The van der Waals surface area contributed by atoms with Crippen LogP contribution in [0.4, 0.5) is 5.69 Å². The van der Waals surface area contributed by atoms with Gasteiger partial charge in [0.05, 0.1) is 16.1 Å². The molecule has 1 heterocycles. The largest absolute Gasteiger partial charge is 0.379 e. The summed E-state index contributed by atoms with van der Waals surface area (Å²) in [5, 5.41) is 4.60. The number of aromatic nitrogens is 1. The fourth-order valence-electron chi connectivity index (χ4n) is 3.33. The van der Waals surface area contributed by atoms with E-state index in [1.165, 1.54) is 23.9 Å². The van der Waals surface area contributed by atoms with E-state index in [0.29, 0.717) is 17.3 Å². The molecule has 0 aliphatic carbocycles. The minimum atomic E-state index is -3.78. The fraction of sp³-hybridized carbons (Fsp3) is 0.125. The molecule has 0 aliphatic heterocycles. The molecule has 152 valence electrons. The molecule has 0 radical (unpaired) electrons. The van der Waals surface area contributed by atoms with E-state index in [9.17, 15) is 8.42 Å². The highest BCUT2D eigenvalue weighted by molar-refractivity contribution is 7.91. The predicted octanol–water partition coefficient (Wildman–Crippen LogP) is 5.90. The first kappa shape index (κ1) is 20.4. The van der Waals surface area contributed by atoms with Crippen molar-refractivity contribution in [3.05, 3.63) is 95.1 Å². The maximum Gasteiger partial charge on any atom is 0.210 e. The number of nitrogens with zero attached hydrogens (tertiary/aromatic N) is 1. The van der Waals surface area contributed by atoms with Crippen molar-refractivity contribution in [3.8, 4) is 0 Å². The van der Waals surface area contributed by atoms with Gasteiger partial charge in [0.15, 0.2) is 0 Å². The first-order chi connectivity index (χ1) is 14.5. The van der Waals surface area contributed by atoms with Gasteiger partial charge in [-0.05, 0) is 47.9 Å². The summed E-state index contributed by atoms with van der Waals surface area (Å²) in [5.41, 5.74) is 3.62. The second-order valence-electron chi connectivity index (χ2n) is 7.00. The van der Waals surface area contributed by atoms with E-state index in [-0.39, 0.29) is 9.79 Å². The van der Waals surface area contributed by atoms with E-state index in [4.69, 9.17) is 11.6 Å². The van der Waals surface area contributed by atoms with Crippen molar-refractivity contribution in [2.75, 3.05) is 5.32 Å². The average Bonchev–Trinajstić information content (AvgIpc) is 2.78. The van der Waals surface area contributed by atoms with Gasteiger partial charge in [-0.15, -0.1) is 0 Å². The molecule has 0 unspecified atom stereocenters. The molecule has 3 aromatic carbocycles. The van der Waals surface area contributed by atoms with E-state index in [1.54, 1.807) is 12.1 Å². The third-order valence-electron chi connectivity index (χ3n) is 5.05. The van der Waals surface area contributed by atoms with E-state index < -0.39 is 9.84 Å². The van der Waals surface area contributed by atoms with Crippen molar-refractivity contribution < 1.29 is 8.42 Å². The topological polar surface area (TPSA) is 59.1 Å². The Kier molecular flexibility index (Phi) is 5.75. The number of hydrogen-bond acceptors (Lipinski definition) is 4. The third kappa shape index (κ3) is 4.04. The van der Waals surface area contributed by atoms with Crippen LogP contribution in [-0.4, -0.2) is 13.4 Å². The molecule has 0 saturated carbocycles. The number of sulfone groups is 1. The SMILES string of the molecule is CCc1ccc(CNc2c(S(=O)(=O)c3ccc(Cl)cc3)cnc3ccccc23)cc1. The molecule has 0 bridgehead atoms. The van der Waals surface area contributed by atoms with E-state index in [2.05, 4.69) is 41.5 Å². The quantitative estimate of drug-likeness (QED) is 0.409. The summed E-state index contributed by atoms with van der Waals surface area (Å²) < 4.78 is 26.8. The molecule has 30 heavy (non-hydrogen) atoms. The maximum atomic E-state index is 13.4. The summed E-state index contributed by atoms with van der Waals surface area (Å²) in [6.45, 7) is 2.62. The second kappa shape index (κ2) is 8.46. The molecule has 0 atom stereocenters. The molecule has 4 aromatic rings. The normalized spacial score (nSPS) is 11.5. The van der Waals surface area contributed by atoms with Crippen LogP contribution in [0.25, 0.3) is 10.9 Å². The van der Waals surface area contributed by atoms with Crippen LogP contribution >= 0.6 is 11.6 Å². The number of rotatable bonds is 6. The Morgan fingerprint density at radius 1 is 0.900 bits per heavy atom. The van der Waals surface area contributed by atoms with Gasteiger partial charge in [0.2, 0.25) is 9.84 Å². The van der Waals surface area contributed by atoms with Crippen LogP contribution < -0.4 is 5.32 Å². The molecule has 4 nitrogen and oxygen atoms in total. The lowest BCUT2D eigenvalue weighted by Crippen LogP contribution is -2.09. The first-order valence-corrected chi connectivity index (χ1v) is 11.6. The van der Waals surface area contributed by atoms with Gasteiger partial charge in [0.1, 0.15) is 4.90 Å². The zero-order valence-corrected chi connectivity index (χ0v) is 18.0. The van der Waals surface area contributed by atoms with Crippen molar-refractivity contribution >= 4 is 38.0 Å². The number of anilines is 1. The number of benzene rings is 3. The molecule has 0 amide bonds. The van der Waals surface area contributed by atoms with E-state index in [1.807, 2.05) is 24.3 Å². The van der Waals surface area contributed by atoms with Crippen molar-refractivity contribution in [1.82, 2.24) is 4.98 Å². The standard InChI is InChI=1S/C24H21ClN2O2S/c1-2-17-7-9-18(10-8-17)15-27-24-21-5-3-4-6-22(21)26-16-23(24)30(28,29)20-13-11-19(25)12-14-20/h3-14,16H,2,15H2,1H3,(H,26,27). The minimum Gasteiger partial charge on any atom is -0.379 e. The molecule has 0 spiro atoms. The highest BCUT2D eigenvalue weighted by atomic mass is 35.5. The zero-order chi connectivity index (χ0) is 21.1. The summed E-state index contributed by atoms with van der Waals surface area (Å²) in [6, 6.07) is 22.0. The summed E-state index contributed by atoms with van der Waals surface area (Å²) in [4.78, 5) is 4.71. The maximum absolute atomic E-state index is 13.4. The van der Waals surface area contributed by atoms with Gasteiger partial charge >= 0.3 is 0 Å². The highest BCUT2D eigenvalue weighted by Crippen LogP contribution is 2.33. The molecule has 0 fully saturated rings. The van der Waals surface area contributed by atoms with Crippen molar-refractivity contribution in [2.45, 2.75) is 29.7 Å². The fourth-order valence-corrected chi connectivity index (χ4v) is 4.85. The predicted molar refractivity (Wildman–Crippen MR) is 122 cm³/mol. The summed E-state index contributed by atoms with van der Waals surface area (Å²) in [5.74, 6) is 0. The second-order valence-corrected chi connectivity index (χ2v) is 9.35. The first-order valence-electron chi connectivity index (χ1n) is 9.69. The molecule has 0 aliphatic rings. The number of halogens is 1. The van der Waals surface area contributed by atoms with E-state index >= 15 is 0 Å². The van der Waals surface area contributed by atoms with Gasteiger partial charge in [-0.3, -0.25) is 4.98 Å². The highest BCUT2D eigenvalue weighted by Gasteiger charge is 2.23. The van der Waals surface area contributed by atoms with Crippen molar-refractivity contribution in [2.24, 2.45) is 0 Å². The van der Waals surface area contributed by atoms with Gasteiger partial charge in [-0.25, -0.2) is 8.42 Å². The Morgan fingerprint density at radius 2 is 1.57 bits per heavy atom.